The van der Waals surface area contributed by atoms with Crippen LogP contribution >= 0.6 is 0 Å². The molecule has 0 aromatic heterocycles. The first-order chi connectivity index (χ1) is 19.9. The van der Waals surface area contributed by atoms with Crippen molar-refractivity contribution in [2.75, 3.05) is 45.8 Å². The molecule has 2 aromatic carbocycles. The summed E-state index contributed by atoms with van der Waals surface area (Å²) < 4.78 is 13.7. The molecule has 41 heavy (non-hydrogen) atoms. The lowest BCUT2D eigenvalue weighted by atomic mass is 9.83. The Kier molecular flexibility index (Phi) is 10.5. The van der Waals surface area contributed by atoms with Gasteiger partial charge in [-0.1, -0.05) is 68.7 Å². The number of likely N-dealkylation sites (N-methyl/N-ethyl adjacent to an activating group) is 1. The number of hydrogen-bond acceptors (Lipinski definition) is 4. The predicted octanol–water partition coefficient (Wildman–Crippen LogP) is 6.21. The van der Waals surface area contributed by atoms with Crippen LogP contribution in [0.1, 0.15) is 74.5 Å². The number of likely N-dealkylation sites (tertiary alicyclic amines) is 2. The molecule has 0 unspecified atom stereocenters. The maximum atomic E-state index is 13.7. The zero-order chi connectivity index (χ0) is 28.8. The number of piperidine rings is 1. The van der Waals surface area contributed by atoms with Crippen LogP contribution in [0.2, 0.25) is 0 Å². The minimum atomic E-state index is -0.624. The summed E-state index contributed by atoms with van der Waals surface area (Å²) in [5.41, 5.74) is 3.30. The van der Waals surface area contributed by atoms with Crippen LogP contribution in [0.3, 0.4) is 0 Å². The van der Waals surface area contributed by atoms with E-state index >= 15 is 0 Å². The van der Waals surface area contributed by atoms with Crippen molar-refractivity contribution >= 4 is 5.97 Å². The van der Waals surface area contributed by atoms with Gasteiger partial charge in [0.15, 0.2) is 0 Å². The van der Waals surface area contributed by atoms with Crippen molar-refractivity contribution in [1.82, 2.24) is 14.7 Å². The van der Waals surface area contributed by atoms with E-state index in [1.807, 2.05) is 19.1 Å². The van der Waals surface area contributed by atoms with E-state index < -0.39 is 5.97 Å². The van der Waals surface area contributed by atoms with E-state index in [0.29, 0.717) is 17.9 Å². The molecule has 224 valence electrons. The Morgan fingerprint density at radius 1 is 1.02 bits per heavy atom. The lowest BCUT2D eigenvalue weighted by Gasteiger charge is -2.39. The van der Waals surface area contributed by atoms with Gasteiger partial charge in [0, 0.05) is 38.1 Å². The molecule has 0 bridgehead atoms. The number of carboxylic acids is 1. The molecule has 0 radical (unpaired) electrons. The molecule has 2 aromatic rings. The normalized spacial score (nSPS) is 24.2. The van der Waals surface area contributed by atoms with Gasteiger partial charge in [0.2, 0.25) is 0 Å². The Morgan fingerprint density at radius 3 is 2.41 bits per heavy atom. The fraction of sp³-hybridized carbons (Fsp3) is 0.629. The van der Waals surface area contributed by atoms with Gasteiger partial charge in [-0.3, -0.25) is 9.69 Å². The van der Waals surface area contributed by atoms with E-state index in [0.717, 1.165) is 70.6 Å². The summed E-state index contributed by atoms with van der Waals surface area (Å²) in [6.45, 7) is 11.1. The van der Waals surface area contributed by atoms with Gasteiger partial charge in [0.1, 0.15) is 11.9 Å². The van der Waals surface area contributed by atoms with Crippen molar-refractivity contribution in [2.24, 2.45) is 11.8 Å². The van der Waals surface area contributed by atoms with Gasteiger partial charge in [-0.2, -0.15) is 0 Å². The van der Waals surface area contributed by atoms with Crippen molar-refractivity contribution in [3.05, 3.63) is 71.0 Å². The Morgan fingerprint density at radius 2 is 1.76 bits per heavy atom. The number of carboxylic acid groups (broad SMARTS) is 1. The number of halogens is 1. The van der Waals surface area contributed by atoms with Gasteiger partial charge in [0.05, 0.1) is 0 Å². The van der Waals surface area contributed by atoms with Gasteiger partial charge in [-0.15, -0.1) is 0 Å². The van der Waals surface area contributed by atoms with Gasteiger partial charge < -0.3 is 14.9 Å². The number of hydrogen-bond donors (Lipinski definition) is 1. The highest BCUT2D eigenvalue weighted by atomic mass is 19.1. The predicted molar refractivity (Wildman–Crippen MR) is 164 cm³/mol. The maximum Gasteiger partial charge on any atom is 0.321 e. The van der Waals surface area contributed by atoms with Crippen molar-refractivity contribution in [1.29, 1.82) is 0 Å². The Hall–Kier alpha value is -2.28. The Balaban J connectivity index is 1.19. The number of aliphatic carboxylic acids is 1. The topological polar surface area (TPSA) is 47.0 Å². The van der Waals surface area contributed by atoms with E-state index in [9.17, 15) is 14.3 Å². The lowest BCUT2D eigenvalue weighted by molar-refractivity contribution is -0.145. The summed E-state index contributed by atoms with van der Waals surface area (Å²) >= 11 is 0. The second kappa shape index (κ2) is 14.3. The summed E-state index contributed by atoms with van der Waals surface area (Å²) in [5, 5.41) is 10.3. The lowest BCUT2D eigenvalue weighted by Crippen LogP contribution is -2.48. The minimum Gasteiger partial charge on any atom is -0.480 e. The number of aryl methyl sites for hydroxylation is 1. The molecule has 1 saturated carbocycles. The summed E-state index contributed by atoms with van der Waals surface area (Å²) in [7, 11) is 0. The fourth-order valence-corrected chi connectivity index (χ4v) is 8.03. The third kappa shape index (κ3) is 7.57. The van der Waals surface area contributed by atoms with Crippen LogP contribution in [0.25, 0.3) is 0 Å². The first-order valence-electron chi connectivity index (χ1n) is 16.2. The van der Waals surface area contributed by atoms with Crippen LogP contribution in [0, 0.1) is 24.6 Å². The van der Waals surface area contributed by atoms with E-state index in [1.54, 1.807) is 6.07 Å². The van der Waals surface area contributed by atoms with Crippen LogP contribution in [0.15, 0.2) is 48.5 Å². The van der Waals surface area contributed by atoms with Crippen molar-refractivity contribution < 1.29 is 14.3 Å². The number of carbonyl (C=O) groups is 1. The number of nitrogens with zero attached hydrogens (tertiary/aromatic N) is 3. The van der Waals surface area contributed by atoms with Crippen molar-refractivity contribution in [3.63, 3.8) is 0 Å². The number of rotatable bonds is 11. The highest BCUT2D eigenvalue weighted by Gasteiger charge is 2.43. The molecule has 2 aliphatic heterocycles. The SMILES string of the molecule is CCN(CCc1ccc(F)c(C)c1)C1CCN(C[C@H]2CN([C@@H](C(=O)O)C3CCCCC3)C[C@@H]2c2ccccc2)CC1. The van der Waals surface area contributed by atoms with Gasteiger partial charge in [0.25, 0.3) is 0 Å². The van der Waals surface area contributed by atoms with Gasteiger partial charge in [-0.25, -0.2) is 4.39 Å². The summed E-state index contributed by atoms with van der Waals surface area (Å²) in [5.74, 6) is 0.363. The van der Waals surface area contributed by atoms with Crippen LogP contribution in [-0.2, 0) is 11.2 Å². The molecule has 1 aliphatic carbocycles. The number of benzene rings is 2. The van der Waals surface area contributed by atoms with Crippen LogP contribution in [0.5, 0.6) is 0 Å². The minimum absolute atomic E-state index is 0.124. The molecule has 6 heteroatoms. The Bertz CT molecular complexity index is 1110. The largest absolute Gasteiger partial charge is 0.480 e. The first-order valence-corrected chi connectivity index (χ1v) is 16.2. The average Bonchev–Trinajstić information content (AvgIpc) is 3.39. The molecule has 5 nitrogen and oxygen atoms in total. The fourth-order valence-electron chi connectivity index (χ4n) is 8.03. The zero-order valence-corrected chi connectivity index (χ0v) is 25.2. The van der Waals surface area contributed by atoms with Gasteiger partial charge >= 0.3 is 5.97 Å². The zero-order valence-electron chi connectivity index (χ0n) is 25.2. The van der Waals surface area contributed by atoms with E-state index in [1.165, 1.54) is 43.2 Å². The second-order valence-corrected chi connectivity index (χ2v) is 12.9. The highest BCUT2D eigenvalue weighted by molar-refractivity contribution is 5.74. The van der Waals surface area contributed by atoms with Crippen molar-refractivity contribution in [2.45, 2.75) is 83.2 Å². The molecule has 3 aliphatic rings. The third-order valence-electron chi connectivity index (χ3n) is 10.3. The van der Waals surface area contributed by atoms with E-state index in [4.69, 9.17) is 0 Å². The molecular formula is C35H50FN3O2. The maximum absolute atomic E-state index is 13.7. The van der Waals surface area contributed by atoms with Crippen LogP contribution < -0.4 is 0 Å². The summed E-state index contributed by atoms with van der Waals surface area (Å²) in [6.07, 6.45) is 8.98. The second-order valence-electron chi connectivity index (χ2n) is 12.9. The molecular weight excluding hydrogens is 513 g/mol. The quantitative estimate of drug-likeness (QED) is 0.352. The van der Waals surface area contributed by atoms with Gasteiger partial charge in [-0.05, 0) is 93.3 Å². The van der Waals surface area contributed by atoms with Crippen molar-refractivity contribution in [3.8, 4) is 0 Å². The van der Waals surface area contributed by atoms with Crippen LogP contribution in [0.4, 0.5) is 4.39 Å². The molecule has 5 rings (SSSR count). The smallest absolute Gasteiger partial charge is 0.321 e. The molecule has 0 spiro atoms. The monoisotopic (exact) mass is 563 g/mol. The molecule has 2 saturated heterocycles. The van der Waals surface area contributed by atoms with E-state index in [-0.39, 0.29) is 17.8 Å². The molecule has 1 N–H and O–H groups in total. The summed E-state index contributed by atoms with van der Waals surface area (Å²) in [6, 6.07) is 16.6. The molecule has 2 heterocycles. The molecule has 3 fully saturated rings. The standard InChI is InChI=1S/C35H50FN3O2/c1-3-38(21-16-27-14-15-33(36)26(2)22-27)31-17-19-37(20-18-31)23-30-24-39(25-32(30)28-10-6-4-7-11-28)34(35(40)41)29-12-8-5-9-13-29/h4,6-7,10-11,14-15,22,29-32,34H,3,5,8-9,12-13,16-21,23-25H2,1-2H3,(H,40,41)/t30-,32+,34+/m0/s1. The third-order valence-corrected chi connectivity index (χ3v) is 10.3. The summed E-state index contributed by atoms with van der Waals surface area (Å²) in [4.78, 5) is 20.2. The Labute approximate surface area is 246 Å². The molecule has 0 amide bonds. The average molecular weight is 564 g/mol. The first kappa shape index (κ1) is 30.2. The van der Waals surface area contributed by atoms with Crippen LogP contribution in [-0.4, -0.2) is 83.7 Å². The molecule has 3 atom stereocenters. The highest BCUT2D eigenvalue weighted by Crippen LogP contribution is 2.38. The van der Waals surface area contributed by atoms with E-state index in [2.05, 4.69) is 52.0 Å².